The Morgan fingerprint density at radius 1 is 1.16 bits per heavy atom. The van der Waals surface area contributed by atoms with Crippen LogP contribution in [0.25, 0.3) is 0 Å². The molecule has 1 aromatic rings. The molecule has 0 amide bonds. The lowest BCUT2D eigenvalue weighted by Gasteiger charge is -2.39. The number of benzene rings is 1. The van der Waals surface area contributed by atoms with Gasteiger partial charge in [-0.25, -0.2) is 0 Å². The zero-order valence-electron chi connectivity index (χ0n) is 10.3. The van der Waals surface area contributed by atoms with Crippen LogP contribution in [0.5, 0.6) is 0 Å². The van der Waals surface area contributed by atoms with E-state index in [2.05, 4.69) is 22.4 Å². The Morgan fingerprint density at radius 3 is 2.53 bits per heavy atom. The first kappa shape index (κ1) is 14.3. The molecule has 1 fully saturated rings. The number of hydrogen-bond donors (Lipinski definition) is 3. The lowest BCUT2D eigenvalue weighted by atomic mass is 9.91. The summed E-state index contributed by atoms with van der Waals surface area (Å²) in [6.45, 7) is 1.64. The van der Waals surface area contributed by atoms with E-state index in [-0.39, 0.29) is 0 Å². The summed E-state index contributed by atoms with van der Waals surface area (Å²) >= 11 is 4.58. The first-order chi connectivity index (χ1) is 9.06. The van der Waals surface area contributed by atoms with Crippen molar-refractivity contribution in [1.82, 2.24) is 0 Å². The number of thiocarbonyl (C=S) groups is 1. The van der Waals surface area contributed by atoms with Gasteiger partial charge >= 0.3 is 0 Å². The Morgan fingerprint density at radius 2 is 1.84 bits per heavy atom. The topological polar surface area (TPSA) is 82.3 Å². The van der Waals surface area contributed by atoms with Crippen LogP contribution >= 0.6 is 12.2 Å². The molecule has 1 saturated heterocycles. The third-order valence-electron chi connectivity index (χ3n) is 3.26. The number of aliphatic imine (C=N–C) groups is 1. The van der Waals surface area contributed by atoms with Crippen LogP contribution in [0.1, 0.15) is 18.6 Å². The Balaban J connectivity index is 2.38. The maximum absolute atomic E-state index is 10.0. The summed E-state index contributed by atoms with van der Waals surface area (Å²) in [6, 6.07) is 7.00. The highest BCUT2D eigenvalue weighted by Gasteiger charge is 2.42. The van der Waals surface area contributed by atoms with Crippen LogP contribution in [0.15, 0.2) is 29.3 Å². The van der Waals surface area contributed by atoms with Crippen LogP contribution in [0.4, 0.5) is 5.69 Å². The van der Waals surface area contributed by atoms with E-state index in [1.807, 2.05) is 0 Å². The largest absolute Gasteiger partial charge is 0.388 e. The molecule has 1 heterocycles. The van der Waals surface area contributed by atoms with Gasteiger partial charge < -0.3 is 20.1 Å². The molecule has 0 bridgehead atoms. The predicted molar refractivity (Wildman–Crippen MR) is 72.4 cm³/mol. The molecular weight excluding hydrogens is 266 g/mol. The molecular formula is C13H15NO4S. The summed E-state index contributed by atoms with van der Waals surface area (Å²) in [5.41, 5.74) is 1.13. The van der Waals surface area contributed by atoms with Gasteiger partial charge in [-0.15, -0.1) is 0 Å². The van der Waals surface area contributed by atoms with Gasteiger partial charge in [0.25, 0.3) is 0 Å². The van der Waals surface area contributed by atoms with E-state index in [0.717, 1.165) is 0 Å². The number of ether oxygens (including phenoxy) is 1. The summed E-state index contributed by atoms with van der Waals surface area (Å²) in [5.74, 6) is 0. The molecule has 6 heteroatoms. The Labute approximate surface area is 116 Å². The van der Waals surface area contributed by atoms with Gasteiger partial charge in [-0.1, -0.05) is 18.2 Å². The molecule has 0 saturated carbocycles. The normalized spacial score (nSPS) is 34.6. The fourth-order valence-electron chi connectivity index (χ4n) is 2.19. The van der Waals surface area contributed by atoms with Gasteiger partial charge in [-0.3, -0.25) is 0 Å². The number of aliphatic hydroxyl groups excluding tert-OH is 3. The smallest absolute Gasteiger partial charge is 0.114 e. The van der Waals surface area contributed by atoms with Crippen molar-refractivity contribution in [2.45, 2.75) is 37.4 Å². The minimum Gasteiger partial charge on any atom is -0.388 e. The highest BCUT2D eigenvalue weighted by Crippen LogP contribution is 2.36. The van der Waals surface area contributed by atoms with Crippen molar-refractivity contribution in [3.8, 4) is 0 Å². The molecule has 1 aliphatic rings. The van der Waals surface area contributed by atoms with Crippen molar-refractivity contribution < 1.29 is 20.1 Å². The number of nitrogens with zero attached hydrogens (tertiary/aromatic N) is 1. The van der Waals surface area contributed by atoms with Gasteiger partial charge in [0.2, 0.25) is 0 Å². The number of hydrogen-bond acceptors (Lipinski definition) is 6. The van der Waals surface area contributed by atoms with E-state index in [1.165, 1.54) is 0 Å². The first-order valence-corrected chi connectivity index (χ1v) is 6.33. The molecule has 3 N–H and O–H groups in total. The van der Waals surface area contributed by atoms with Gasteiger partial charge in [0.05, 0.1) is 17.0 Å². The molecule has 5 atom stereocenters. The zero-order valence-corrected chi connectivity index (χ0v) is 11.1. The molecule has 0 radical (unpaired) electrons. The van der Waals surface area contributed by atoms with Crippen LogP contribution in [-0.4, -0.2) is 44.9 Å². The number of para-hydroxylation sites is 1. The second kappa shape index (κ2) is 5.88. The fraction of sp³-hybridized carbons (Fsp3) is 0.462. The highest BCUT2D eigenvalue weighted by atomic mass is 32.1. The van der Waals surface area contributed by atoms with Gasteiger partial charge in [-0.2, -0.15) is 4.99 Å². The number of rotatable bonds is 2. The van der Waals surface area contributed by atoms with E-state index in [9.17, 15) is 15.3 Å². The standard InChI is InChI=1S/C13H15NO4S/c1-7-10(15)11(16)12(17)13(18-7)8-4-2-3-5-9(8)14-6-19/h2-5,7,10-13,15-17H,1H3/t7-,10+,11+,12-,13?/m0/s1. The summed E-state index contributed by atoms with van der Waals surface area (Å²) < 4.78 is 5.57. The summed E-state index contributed by atoms with van der Waals surface area (Å²) in [5, 5.41) is 31.8. The van der Waals surface area contributed by atoms with Crippen LogP contribution in [0, 0.1) is 0 Å². The summed E-state index contributed by atoms with van der Waals surface area (Å²) in [7, 11) is 0. The molecule has 102 valence electrons. The molecule has 5 nitrogen and oxygen atoms in total. The summed E-state index contributed by atoms with van der Waals surface area (Å²) in [4.78, 5) is 3.91. The van der Waals surface area contributed by atoms with E-state index in [1.54, 1.807) is 31.2 Å². The SMILES string of the molecule is C[C@@H]1OC(c2ccccc2N=C=S)[C@@H](O)[C@H](O)[C@@H]1O. The van der Waals surface area contributed by atoms with Gasteiger partial charge in [0.15, 0.2) is 0 Å². The van der Waals surface area contributed by atoms with Crippen molar-refractivity contribution >= 4 is 23.1 Å². The van der Waals surface area contributed by atoms with Crippen LogP contribution in [0.2, 0.25) is 0 Å². The average Bonchev–Trinajstić information content (AvgIpc) is 2.42. The Hall–Kier alpha value is -1.14. The van der Waals surface area contributed by atoms with E-state index >= 15 is 0 Å². The lowest BCUT2D eigenvalue weighted by Crippen LogP contribution is -2.53. The minimum absolute atomic E-state index is 0.525. The zero-order chi connectivity index (χ0) is 14.0. The summed E-state index contributed by atoms with van der Waals surface area (Å²) in [6.07, 6.45) is -4.97. The molecule has 0 spiro atoms. The quantitative estimate of drug-likeness (QED) is 0.556. The molecule has 19 heavy (non-hydrogen) atoms. The number of aliphatic hydroxyl groups is 3. The average molecular weight is 281 g/mol. The van der Waals surface area contributed by atoms with Gasteiger partial charge in [0.1, 0.15) is 24.4 Å². The Bertz CT molecular complexity index is 503. The predicted octanol–water partition coefficient (Wildman–Crippen LogP) is 0.963. The second-order valence-corrected chi connectivity index (χ2v) is 4.68. The lowest BCUT2D eigenvalue weighted by molar-refractivity contribution is -0.219. The van der Waals surface area contributed by atoms with Crippen LogP contribution < -0.4 is 0 Å². The van der Waals surface area contributed by atoms with Gasteiger partial charge in [0, 0.05) is 5.56 Å². The number of isothiocyanates is 1. The van der Waals surface area contributed by atoms with Crippen molar-refractivity contribution in [2.75, 3.05) is 0 Å². The molecule has 1 unspecified atom stereocenters. The maximum Gasteiger partial charge on any atom is 0.114 e. The molecule has 0 aromatic heterocycles. The second-order valence-electron chi connectivity index (χ2n) is 4.50. The fourth-order valence-corrected chi connectivity index (χ4v) is 2.29. The van der Waals surface area contributed by atoms with Crippen molar-refractivity contribution in [3.63, 3.8) is 0 Å². The van der Waals surface area contributed by atoms with Gasteiger partial charge in [-0.05, 0) is 25.2 Å². The van der Waals surface area contributed by atoms with Crippen LogP contribution in [-0.2, 0) is 4.74 Å². The van der Waals surface area contributed by atoms with E-state index < -0.39 is 30.5 Å². The molecule has 2 rings (SSSR count). The Kier molecular flexibility index (Phi) is 4.42. The van der Waals surface area contributed by atoms with Crippen LogP contribution in [0.3, 0.4) is 0 Å². The first-order valence-electron chi connectivity index (χ1n) is 5.92. The maximum atomic E-state index is 10.0. The van der Waals surface area contributed by atoms with E-state index in [0.29, 0.717) is 11.3 Å². The third-order valence-corrected chi connectivity index (χ3v) is 3.35. The molecule has 1 aliphatic heterocycles. The van der Waals surface area contributed by atoms with Crippen molar-refractivity contribution in [1.29, 1.82) is 0 Å². The van der Waals surface area contributed by atoms with Crippen molar-refractivity contribution in [3.05, 3.63) is 29.8 Å². The third kappa shape index (κ3) is 2.74. The molecule has 0 aliphatic carbocycles. The van der Waals surface area contributed by atoms with Crippen molar-refractivity contribution in [2.24, 2.45) is 4.99 Å². The van der Waals surface area contributed by atoms with E-state index in [4.69, 9.17) is 4.74 Å². The monoisotopic (exact) mass is 281 g/mol. The molecule has 1 aromatic carbocycles. The highest BCUT2D eigenvalue weighted by molar-refractivity contribution is 7.78. The minimum atomic E-state index is -1.27.